The van der Waals surface area contributed by atoms with E-state index >= 15 is 0 Å². The number of hydrogen-bond donors (Lipinski definition) is 2. The Morgan fingerprint density at radius 3 is 2.75 bits per heavy atom. The van der Waals surface area contributed by atoms with Crippen LogP contribution in [0.1, 0.15) is 24.3 Å². The molecule has 106 valence electrons. The zero-order valence-corrected chi connectivity index (χ0v) is 11.3. The topological polar surface area (TPSA) is 66.8 Å². The summed E-state index contributed by atoms with van der Waals surface area (Å²) in [5, 5.41) is 19.0. The van der Waals surface area contributed by atoms with Gasteiger partial charge in [0.1, 0.15) is 0 Å². The van der Waals surface area contributed by atoms with Crippen LogP contribution in [0.3, 0.4) is 0 Å². The second kappa shape index (κ2) is 4.85. The molecular weight excluding hydrogens is 256 g/mol. The number of carboxylic acids is 1. The molecule has 1 saturated carbocycles. The van der Waals surface area contributed by atoms with Gasteiger partial charge in [-0.25, -0.2) is 0 Å². The van der Waals surface area contributed by atoms with Crippen LogP contribution in [0.5, 0.6) is 11.5 Å². The lowest BCUT2D eigenvalue weighted by atomic mass is 9.77. The van der Waals surface area contributed by atoms with E-state index in [1.165, 1.54) is 7.11 Å². The molecule has 0 heterocycles. The summed E-state index contributed by atoms with van der Waals surface area (Å²) in [6.45, 7) is 0. The number of hydrogen-bond acceptors (Lipinski definition) is 3. The highest BCUT2D eigenvalue weighted by atomic mass is 16.5. The molecular formula is C16H18O4. The molecule has 0 radical (unpaired) electrons. The van der Waals surface area contributed by atoms with Gasteiger partial charge in [0.15, 0.2) is 11.5 Å². The van der Waals surface area contributed by atoms with Crippen molar-refractivity contribution in [2.75, 3.05) is 7.11 Å². The van der Waals surface area contributed by atoms with Crippen molar-refractivity contribution in [2.45, 2.75) is 18.8 Å². The lowest BCUT2D eigenvalue weighted by Gasteiger charge is -2.27. The number of aliphatic carboxylic acids is 1. The van der Waals surface area contributed by atoms with E-state index in [0.29, 0.717) is 17.6 Å². The Kier molecular flexibility index (Phi) is 3.16. The predicted molar refractivity (Wildman–Crippen MR) is 73.9 cm³/mol. The standard InChI is InChI=1S/C16H18O4/c1-20-14-5-4-11(7-13(14)17)16-10-3-2-9(6-10)12(16)8-15(18)19/h2-5,7,9-10,12,16-17H,6,8H2,1H3,(H,18,19). The van der Waals surface area contributed by atoms with Gasteiger partial charge in [0.2, 0.25) is 0 Å². The minimum absolute atomic E-state index is 0.117. The fourth-order valence-electron chi connectivity index (χ4n) is 3.81. The minimum atomic E-state index is -0.751. The lowest BCUT2D eigenvalue weighted by molar-refractivity contribution is -0.138. The molecule has 1 fully saturated rings. The number of allylic oxidation sites excluding steroid dienone is 2. The van der Waals surface area contributed by atoms with Crippen molar-refractivity contribution in [3.8, 4) is 11.5 Å². The Morgan fingerprint density at radius 1 is 1.35 bits per heavy atom. The van der Waals surface area contributed by atoms with Gasteiger partial charge in [-0.05, 0) is 47.8 Å². The Labute approximate surface area is 117 Å². The van der Waals surface area contributed by atoms with E-state index in [9.17, 15) is 9.90 Å². The molecule has 0 saturated heterocycles. The third-order valence-corrected chi connectivity index (χ3v) is 4.62. The molecule has 4 heteroatoms. The average molecular weight is 274 g/mol. The highest BCUT2D eigenvalue weighted by Crippen LogP contribution is 2.54. The Bertz CT molecular complexity index is 564. The van der Waals surface area contributed by atoms with Crippen molar-refractivity contribution < 1.29 is 19.7 Å². The molecule has 0 aromatic heterocycles. The molecule has 0 amide bonds. The first-order valence-corrected chi connectivity index (χ1v) is 6.87. The molecule has 1 aromatic carbocycles. The molecule has 1 aromatic rings. The fourth-order valence-corrected chi connectivity index (χ4v) is 3.81. The molecule has 4 nitrogen and oxygen atoms in total. The maximum Gasteiger partial charge on any atom is 0.303 e. The van der Waals surface area contributed by atoms with Crippen molar-refractivity contribution >= 4 is 5.97 Å². The molecule has 3 rings (SSSR count). The van der Waals surface area contributed by atoms with E-state index in [0.717, 1.165) is 12.0 Å². The zero-order chi connectivity index (χ0) is 14.3. The summed E-state index contributed by atoms with van der Waals surface area (Å²) in [6.07, 6.45) is 5.55. The fraction of sp³-hybridized carbons (Fsp3) is 0.438. The first-order chi connectivity index (χ1) is 9.60. The molecule has 20 heavy (non-hydrogen) atoms. The van der Waals surface area contributed by atoms with Gasteiger partial charge >= 0.3 is 5.97 Å². The number of fused-ring (bicyclic) bond motifs is 2. The number of methoxy groups -OCH3 is 1. The van der Waals surface area contributed by atoms with E-state index in [4.69, 9.17) is 9.84 Å². The summed E-state index contributed by atoms with van der Waals surface area (Å²) < 4.78 is 5.06. The number of phenols is 1. The van der Waals surface area contributed by atoms with Crippen LogP contribution in [0.4, 0.5) is 0 Å². The maximum absolute atomic E-state index is 11.1. The van der Waals surface area contributed by atoms with Crippen molar-refractivity contribution in [2.24, 2.45) is 17.8 Å². The summed E-state index contributed by atoms with van der Waals surface area (Å²) in [4.78, 5) is 11.1. The first-order valence-electron chi connectivity index (χ1n) is 6.87. The molecule has 0 spiro atoms. The van der Waals surface area contributed by atoms with Gasteiger partial charge in [0, 0.05) is 6.42 Å². The summed E-state index contributed by atoms with van der Waals surface area (Å²) in [5.74, 6) is 0.849. The number of carbonyl (C=O) groups is 1. The van der Waals surface area contributed by atoms with E-state index in [1.807, 2.05) is 6.07 Å². The third kappa shape index (κ3) is 2.05. The SMILES string of the molecule is COc1ccc(C2C3C=CC(C3)C2CC(=O)O)cc1O. The second-order valence-corrected chi connectivity index (χ2v) is 5.67. The summed E-state index contributed by atoms with van der Waals surface area (Å²) >= 11 is 0. The smallest absolute Gasteiger partial charge is 0.303 e. The van der Waals surface area contributed by atoms with Crippen molar-refractivity contribution in [1.29, 1.82) is 0 Å². The van der Waals surface area contributed by atoms with Crippen molar-refractivity contribution in [3.63, 3.8) is 0 Å². The summed E-state index contributed by atoms with van der Waals surface area (Å²) in [7, 11) is 1.52. The largest absolute Gasteiger partial charge is 0.504 e. The van der Waals surface area contributed by atoms with Gasteiger partial charge in [0.05, 0.1) is 7.11 Å². The lowest BCUT2D eigenvalue weighted by Crippen LogP contribution is -2.21. The van der Waals surface area contributed by atoms with Crippen LogP contribution in [0.15, 0.2) is 30.4 Å². The normalized spacial score (nSPS) is 30.6. The molecule has 4 unspecified atom stereocenters. The van der Waals surface area contributed by atoms with Gasteiger partial charge in [-0.15, -0.1) is 0 Å². The Morgan fingerprint density at radius 2 is 2.10 bits per heavy atom. The van der Waals surface area contributed by atoms with Gasteiger partial charge in [0.25, 0.3) is 0 Å². The first kappa shape index (κ1) is 13.0. The van der Waals surface area contributed by atoms with Crippen molar-refractivity contribution in [3.05, 3.63) is 35.9 Å². The van der Waals surface area contributed by atoms with Crippen LogP contribution < -0.4 is 4.74 Å². The van der Waals surface area contributed by atoms with E-state index in [2.05, 4.69) is 12.2 Å². The molecule has 2 N–H and O–H groups in total. The molecule has 2 aliphatic carbocycles. The Balaban J connectivity index is 1.93. The van der Waals surface area contributed by atoms with Crippen molar-refractivity contribution in [1.82, 2.24) is 0 Å². The zero-order valence-electron chi connectivity index (χ0n) is 11.3. The average Bonchev–Trinajstić information content (AvgIpc) is 2.99. The quantitative estimate of drug-likeness (QED) is 0.828. The van der Waals surface area contributed by atoms with Gasteiger partial charge in [-0.2, -0.15) is 0 Å². The van der Waals surface area contributed by atoms with E-state index in [-0.39, 0.29) is 24.0 Å². The molecule has 0 aliphatic heterocycles. The van der Waals surface area contributed by atoms with E-state index < -0.39 is 5.97 Å². The predicted octanol–water partition coefficient (Wildman–Crippen LogP) is 2.78. The number of benzene rings is 1. The monoisotopic (exact) mass is 274 g/mol. The molecule has 2 aliphatic rings. The molecule has 2 bridgehead atoms. The number of carboxylic acid groups (broad SMARTS) is 1. The van der Waals surface area contributed by atoms with E-state index in [1.54, 1.807) is 12.1 Å². The van der Waals surface area contributed by atoms with Crippen LogP contribution in [0.25, 0.3) is 0 Å². The van der Waals surface area contributed by atoms with Crippen LogP contribution in [-0.2, 0) is 4.79 Å². The van der Waals surface area contributed by atoms with Crippen LogP contribution >= 0.6 is 0 Å². The highest BCUT2D eigenvalue weighted by molar-refractivity contribution is 5.67. The molecule has 4 atom stereocenters. The summed E-state index contributed by atoms with van der Waals surface area (Å²) in [5.41, 5.74) is 1.01. The van der Waals surface area contributed by atoms with Crippen LogP contribution in [0, 0.1) is 17.8 Å². The van der Waals surface area contributed by atoms with Gasteiger partial charge in [-0.3, -0.25) is 4.79 Å². The number of rotatable bonds is 4. The van der Waals surface area contributed by atoms with Gasteiger partial charge < -0.3 is 14.9 Å². The third-order valence-electron chi connectivity index (χ3n) is 4.62. The van der Waals surface area contributed by atoms with Gasteiger partial charge in [-0.1, -0.05) is 18.2 Å². The number of ether oxygens (including phenoxy) is 1. The highest BCUT2D eigenvalue weighted by Gasteiger charge is 2.45. The van der Waals surface area contributed by atoms with Crippen LogP contribution in [-0.4, -0.2) is 23.3 Å². The number of phenolic OH excluding ortho intramolecular Hbond substituents is 1. The number of aromatic hydroxyl groups is 1. The van der Waals surface area contributed by atoms with Crippen LogP contribution in [0.2, 0.25) is 0 Å². The second-order valence-electron chi connectivity index (χ2n) is 5.67. The minimum Gasteiger partial charge on any atom is -0.504 e. The maximum atomic E-state index is 11.1. The summed E-state index contributed by atoms with van der Waals surface area (Å²) in [6, 6.07) is 5.40. The Hall–Kier alpha value is -1.97.